The molecule has 1 unspecified atom stereocenters. The third-order valence-electron chi connectivity index (χ3n) is 6.63. The standard InChI is InChI=1S/C26H27BrN6O4/c1-31-24-17(14-33(26(31)34)21-5-3-2-4-20(21)27)13-28-25(30-24)29-18-6-7-22-23(12-18)36-16-19(37-22)15-32-8-10-35-11-9-32/h2-7,12-13,19H,8-11,14-16H2,1H3,(H,28,29,30). The smallest absolute Gasteiger partial charge is 0.330 e. The van der Waals surface area contributed by atoms with Gasteiger partial charge >= 0.3 is 6.03 Å². The van der Waals surface area contributed by atoms with Crippen LogP contribution in [0.25, 0.3) is 0 Å². The zero-order chi connectivity index (χ0) is 25.4. The summed E-state index contributed by atoms with van der Waals surface area (Å²) in [5.74, 6) is 2.38. The number of nitrogens with one attached hydrogen (secondary N) is 1. The number of fused-ring (bicyclic) bond motifs is 2. The highest BCUT2D eigenvalue weighted by molar-refractivity contribution is 9.10. The number of nitrogens with zero attached hydrogens (tertiary/aromatic N) is 5. The summed E-state index contributed by atoms with van der Waals surface area (Å²) in [6.45, 7) is 5.05. The minimum Gasteiger partial charge on any atom is -0.486 e. The van der Waals surface area contributed by atoms with Crippen molar-refractivity contribution in [3.05, 3.63) is 58.7 Å². The highest BCUT2D eigenvalue weighted by Gasteiger charge is 2.31. The third kappa shape index (κ3) is 4.94. The van der Waals surface area contributed by atoms with Crippen molar-refractivity contribution in [3.63, 3.8) is 0 Å². The van der Waals surface area contributed by atoms with Crippen LogP contribution in [-0.2, 0) is 11.3 Å². The highest BCUT2D eigenvalue weighted by atomic mass is 79.9. The Morgan fingerprint density at radius 2 is 1.97 bits per heavy atom. The molecule has 6 rings (SSSR count). The molecule has 1 N–H and O–H groups in total. The van der Waals surface area contributed by atoms with E-state index in [0.717, 1.165) is 60.0 Å². The molecule has 37 heavy (non-hydrogen) atoms. The molecule has 0 bridgehead atoms. The Labute approximate surface area is 223 Å². The quantitative estimate of drug-likeness (QED) is 0.495. The molecule has 4 heterocycles. The molecule has 0 saturated carbocycles. The predicted octanol–water partition coefficient (Wildman–Crippen LogP) is 4.03. The molecule has 192 valence electrons. The number of amides is 2. The normalized spacial score (nSPS) is 19.5. The van der Waals surface area contributed by atoms with Crippen LogP contribution in [0.1, 0.15) is 5.56 Å². The van der Waals surface area contributed by atoms with E-state index in [1.165, 1.54) is 0 Å². The number of rotatable bonds is 5. The van der Waals surface area contributed by atoms with Crippen LogP contribution in [0.2, 0.25) is 0 Å². The highest BCUT2D eigenvalue weighted by Crippen LogP contribution is 2.36. The topological polar surface area (TPSA) is 92.3 Å². The maximum Gasteiger partial charge on any atom is 0.330 e. The molecule has 0 radical (unpaired) electrons. The molecule has 10 nitrogen and oxygen atoms in total. The summed E-state index contributed by atoms with van der Waals surface area (Å²) in [6.07, 6.45) is 1.74. The van der Waals surface area contributed by atoms with Gasteiger partial charge in [0.2, 0.25) is 5.95 Å². The molecule has 11 heteroatoms. The minimum absolute atomic E-state index is 0.0162. The lowest BCUT2D eigenvalue weighted by molar-refractivity contribution is 0.00316. The fourth-order valence-corrected chi connectivity index (χ4v) is 5.21. The molecule has 3 aliphatic heterocycles. The van der Waals surface area contributed by atoms with E-state index in [9.17, 15) is 4.79 Å². The number of hydrogen-bond acceptors (Lipinski definition) is 8. The van der Waals surface area contributed by atoms with Gasteiger partial charge in [-0.15, -0.1) is 0 Å². The molecular formula is C26H27BrN6O4. The van der Waals surface area contributed by atoms with Gasteiger partial charge in [0, 0.05) is 54.7 Å². The van der Waals surface area contributed by atoms with E-state index < -0.39 is 0 Å². The lowest BCUT2D eigenvalue weighted by Gasteiger charge is -2.34. The number of carbonyl (C=O) groups is 1. The number of morpholine rings is 1. The number of benzene rings is 2. The maximum absolute atomic E-state index is 13.1. The van der Waals surface area contributed by atoms with Crippen LogP contribution in [0.3, 0.4) is 0 Å². The van der Waals surface area contributed by atoms with Crippen LogP contribution in [-0.4, -0.2) is 73.5 Å². The van der Waals surface area contributed by atoms with E-state index in [1.807, 2.05) is 42.5 Å². The summed E-state index contributed by atoms with van der Waals surface area (Å²) in [5, 5.41) is 3.23. The number of urea groups is 1. The number of ether oxygens (including phenoxy) is 3. The third-order valence-corrected chi connectivity index (χ3v) is 7.30. The van der Waals surface area contributed by atoms with Crippen molar-refractivity contribution >= 4 is 45.1 Å². The van der Waals surface area contributed by atoms with Crippen LogP contribution < -0.4 is 24.6 Å². The van der Waals surface area contributed by atoms with Gasteiger partial charge in [0.1, 0.15) is 18.5 Å². The number of aromatic nitrogens is 2. The number of anilines is 4. The predicted molar refractivity (Wildman–Crippen MR) is 143 cm³/mol. The van der Waals surface area contributed by atoms with Gasteiger partial charge in [-0.2, -0.15) is 4.98 Å². The lowest BCUT2D eigenvalue weighted by atomic mass is 10.2. The van der Waals surface area contributed by atoms with Crippen LogP contribution in [0, 0.1) is 0 Å². The van der Waals surface area contributed by atoms with E-state index in [0.29, 0.717) is 30.7 Å². The molecule has 1 saturated heterocycles. The van der Waals surface area contributed by atoms with Gasteiger partial charge in [-0.05, 0) is 40.2 Å². The molecule has 3 aromatic rings. The van der Waals surface area contributed by atoms with Crippen molar-refractivity contribution in [2.45, 2.75) is 12.6 Å². The number of hydrogen-bond donors (Lipinski definition) is 1. The zero-order valence-electron chi connectivity index (χ0n) is 20.4. The van der Waals surface area contributed by atoms with Gasteiger partial charge in [-0.25, -0.2) is 9.78 Å². The zero-order valence-corrected chi connectivity index (χ0v) is 22.0. The first kappa shape index (κ1) is 24.0. The van der Waals surface area contributed by atoms with Crippen LogP contribution >= 0.6 is 15.9 Å². The first-order chi connectivity index (χ1) is 18.0. The molecule has 0 spiro atoms. The molecule has 1 fully saturated rings. The Hall–Kier alpha value is -3.41. The van der Waals surface area contributed by atoms with Gasteiger partial charge in [-0.3, -0.25) is 14.7 Å². The van der Waals surface area contributed by atoms with Crippen molar-refractivity contribution in [1.82, 2.24) is 14.9 Å². The van der Waals surface area contributed by atoms with Gasteiger partial charge < -0.3 is 19.5 Å². The summed E-state index contributed by atoms with van der Waals surface area (Å²) in [4.78, 5) is 27.9. The monoisotopic (exact) mass is 566 g/mol. The van der Waals surface area contributed by atoms with Crippen molar-refractivity contribution in [2.75, 3.05) is 61.6 Å². The summed E-state index contributed by atoms with van der Waals surface area (Å²) in [7, 11) is 1.72. The van der Waals surface area contributed by atoms with Crippen LogP contribution in [0.5, 0.6) is 11.5 Å². The number of para-hydroxylation sites is 1. The first-order valence-corrected chi connectivity index (χ1v) is 13.0. The van der Waals surface area contributed by atoms with Crippen molar-refractivity contribution in [3.8, 4) is 11.5 Å². The molecule has 1 atom stereocenters. The van der Waals surface area contributed by atoms with E-state index in [1.54, 1.807) is 23.0 Å². The van der Waals surface area contributed by atoms with Gasteiger partial charge in [0.25, 0.3) is 0 Å². The van der Waals surface area contributed by atoms with Crippen molar-refractivity contribution in [2.24, 2.45) is 0 Å². The SMILES string of the molecule is CN1C(=O)N(c2ccccc2Br)Cc2cnc(Nc3ccc4c(c3)OCC(CN3CCOCC3)O4)nc21. The summed E-state index contributed by atoms with van der Waals surface area (Å²) >= 11 is 3.54. The average Bonchev–Trinajstić information content (AvgIpc) is 2.92. The maximum atomic E-state index is 13.1. The fourth-order valence-electron chi connectivity index (χ4n) is 4.71. The summed E-state index contributed by atoms with van der Waals surface area (Å²) in [5.41, 5.74) is 2.43. The Morgan fingerprint density at radius 3 is 2.81 bits per heavy atom. The van der Waals surface area contributed by atoms with Crippen LogP contribution in [0.15, 0.2) is 53.1 Å². The average molecular weight is 567 g/mol. The molecular weight excluding hydrogens is 540 g/mol. The first-order valence-electron chi connectivity index (χ1n) is 12.2. The van der Waals surface area contributed by atoms with Gasteiger partial charge in [0.15, 0.2) is 11.5 Å². The summed E-state index contributed by atoms with van der Waals surface area (Å²) in [6, 6.07) is 13.2. The Kier molecular flexibility index (Phi) is 6.58. The number of carbonyl (C=O) groups excluding carboxylic acids is 1. The van der Waals surface area contributed by atoms with Crippen LogP contribution in [0.4, 0.5) is 27.9 Å². The fraction of sp³-hybridized carbons (Fsp3) is 0.346. The van der Waals surface area contributed by atoms with E-state index in [4.69, 9.17) is 14.2 Å². The minimum atomic E-state index is -0.157. The lowest BCUT2D eigenvalue weighted by Crippen LogP contribution is -2.46. The number of halogens is 1. The Balaban J connectivity index is 1.15. The van der Waals surface area contributed by atoms with E-state index >= 15 is 0 Å². The van der Waals surface area contributed by atoms with Crippen molar-refractivity contribution < 1.29 is 19.0 Å². The molecule has 2 amide bonds. The van der Waals surface area contributed by atoms with Gasteiger partial charge in [-0.1, -0.05) is 12.1 Å². The molecule has 2 aromatic carbocycles. The Bertz CT molecular complexity index is 1320. The molecule has 3 aliphatic rings. The second-order valence-electron chi connectivity index (χ2n) is 9.17. The largest absolute Gasteiger partial charge is 0.486 e. The van der Waals surface area contributed by atoms with Gasteiger partial charge in [0.05, 0.1) is 25.4 Å². The van der Waals surface area contributed by atoms with E-state index in [-0.39, 0.29) is 12.1 Å². The molecule has 1 aromatic heterocycles. The molecule has 0 aliphatic carbocycles. The Morgan fingerprint density at radius 1 is 1.14 bits per heavy atom. The summed E-state index contributed by atoms with van der Waals surface area (Å²) < 4.78 is 18.5. The second-order valence-corrected chi connectivity index (χ2v) is 10.0. The van der Waals surface area contributed by atoms with E-state index in [2.05, 4.69) is 36.1 Å². The van der Waals surface area contributed by atoms with Crippen molar-refractivity contribution in [1.29, 1.82) is 0 Å². The second kappa shape index (κ2) is 10.2.